The Balaban J connectivity index is 1.84. The summed E-state index contributed by atoms with van der Waals surface area (Å²) in [5, 5.41) is 4.25. The first kappa shape index (κ1) is 12.9. The Bertz CT molecular complexity index is 331. The molecule has 1 heterocycles. The molecule has 3 heteroatoms. The normalized spacial score (nSPS) is 20.1. The van der Waals surface area contributed by atoms with Gasteiger partial charge in [0.05, 0.1) is 0 Å². The lowest BCUT2D eigenvalue weighted by molar-refractivity contribution is 0.222. The van der Waals surface area contributed by atoms with Gasteiger partial charge in [0, 0.05) is 24.2 Å². The third kappa shape index (κ3) is 3.70. The fourth-order valence-electron chi connectivity index (χ4n) is 2.47. The third-order valence-corrected chi connectivity index (χ3v) is 3.81. The maximum Gasteiger partial charge on any atom is 0.0406 e. The lowest BCUT2D eigenvalue weighted by Gasteiger charge is -2.26. The van der Waals surface area contributed by atoms with Crippen molar-refractivity contribution in [1.82, 2.24) is 10.2 Å². The van der Waals surface area contributed by atoms with E-state index in [0.717, 1.165) is 37.1 Å². The highest BCUT2D eigenvalue weighted by Crippen LogP contribution is 2.12. The monoisotopic (exact) mass is 252 g/mol. The van der Waals surface area contributed by atoms with Crippen LogP contribution in [0.1, 0.15) is 18.9 Å². The minimum absolute atomic E-state index is 0.729. The first-order valence-electron chi connectivity index (χ1n) is 6.49. The van der Waals surface area contributed by atoms with Crippen molar-refractivity contribution < 1.29 is 0 Å². The Hall–Kier alpha value is -0.570. The van der Waals surface area contributed by atoms with Gasteiger partial charge in [0.25, 0.3) is 0 Å². The molecule has 17 heavy (non-hydrogen) atoms. The van der Waals surface area contributed by atoms with Crippen LogP contribution in [0.25, 0.3) is 0 Å². The zero-order chi connectivity index (χ0) is 12.1. The maximum absolute atomic E-state index is 5.89. The summed E-state index contributed by atoms with van der Waals surface area (Å²) in [6.45, 7) is 6.85. The second-order valence-electron chi connectivity index (χ2n) is 4.65. The Kier molecular flexibility index (Phi) is 4.84. The number of halogens is 1. The van der Waals surface area contributed by atoms with Gasteiger partial charge in [0.1, 0.15) is 0 Å². The minimum atomic E-state index is 0.729. The highest BCUT2D eigenvalue weighted by atomic mass is 35.5. The predicted molar refractivity (Wildman–Crippen MR) is 73.7 cm³/mol. The van der Waals surface area contributed by atoms with Crippen LogP contribution in [-0.4, -0.2) is 37.1 Å². The standard InChI is InChI=1S/C14H21ClN2/c1-2-17(14-7-9-16-11-14)10-8-12-3-5-13(15)6-4-12/h3-6,14,16H,2,7-11H2,1H3. The van der Waals surface area contributed by atoms with Gasteiger partial charge in [-0.3, -0.25) is 4.90 Å². The van der Waals surface area contributed by atoms with Crippen molar-refractivity contribution in [1.29, 1.82) is 0 Å². The summed E-state index contributed by atoms with van der Waals surface area (Å²) in [5.41, 5.74) is 1.37. The summed E-state index contributed by atoms with van der Waals surface area (Å²) in [7, 11) is 0. The van der Waals surface area contributed by atoms with E-state index in [-0.39, 0.29) is 0 Å². The predicted octanol–water partition coefficient (Wildman–Crippen LogP) is 2.57. The molecule has 2 rings (SSSR count). The summed E-state index contributed by atoms with van der Waals surface area (Å²) in [5.74, 6) is 0. The van der Waals surface area contributed by atoms with Gasteiger partial charge in [0.15, 0.2) is 0 Å². The lowest BCUT2D eigenvalue weighted by Crippen LogP contribution is -2.38. The summed E-state index contributed by atoms with van der Waals surface area (Å²) >= 11 is 5.89. The summed E-state index contributed by atoms with van der Waals surface area (Å²) < 4.78 is 0. The van der Waals surface area contributed by atoms with Crippen LogP contribution < -0.4 is 5.32 Å². The van der Waals surface area contributed by atoms with E-state index in [1.165, 1.54) is 18.5 Å². The molecule has 94 valence electrons. The molecule has 1 aliphatic rings. The Labute approximate surface area is 109 Å². The van der Waals surface area contributed by atoms with Gasteiger partial charge < -0.3 is 5.32 Å². The Morgan fingerprint density at radius 1 is 1.35 bits per heavy atom. The van der Waals surface area contributed by atoms with Gasteiger partial charge in [-0.05, 0) is 43.6 Å². The average molecular weight is 253 g/mol. The Morgan fingerprint density at radius 2 is 2.12 bits per heavy atom. The number of benzene rings is 1. The number of hydrogen-bond acceptors (Lipinski definition) is 2. The van der Waals surface area contributed by atoms with Gasteiger partial charge >= 0.3 is 0 Å². The molecule has 1 unspecified atom stereocenters. The molecule has 1 fully saturated rings. The lowest BCUT2D eigenvalue weighted by atomic mass is 10.1. The van der Waals surface area contributed by atoms with Crippen molar-refractivity contribution in [2.75, 3.05) is 26.2 Å². The zero-order valence-electron chi connectivity index (χ0n) is 10.5. The van der Waals surface area contributed by atoms with E-state index in [1.807, 2.05) is 12.1 Å². The van der Waals surface area contributed by atoms with E-state index < -0.39 is 0 Å². The molecular weight excluding hydrogens is 232 g/mol. The molecule has 0 amide bonds. The topological polar surface area (TPSA) is 15.3 Å². The van der Waals surface area contributed by atoms with Crippen LogP contribution in [0.15, 0.2) is 24.3 Å². The molecule has 1 aliphatic heterocycles. The van der Waals surface area contributed by atoms with E-state index in [9.17, 15) is 0 Å². The highest BCUT2D eigenvalue weighted by molar-refractivity contribution is 6.30. The number of nitrogens with zero attached hydrogens (tertiary/aromatic N) is 1. The van der Waals surface area contributed by atoms with Crippen molar-refractivity contribution in [3.05, 3.63) is 34.9 Å². The van der Waals surface area contributed by atoms with E-state index in [0.29, 0.717) is 0 Å². The van der Waals surface area contributed by atoms with Gasteiger partial charge in [-0.2, -0.15) is 0 Å². The van der Waals surface area contributed by atoms with E-state index in [4.69, 9.17) is 11.6 Å². The summed E-state index contributed by atoms with van der Waals surface area (Å²) in [6, 6.07) is 8.94. The van der Waals surface area contributed by atoms with Crippen LogP contribution in [-0.2, 0) is 6.42 Å². The molecule has 0 radical (unpaired) electrons. The smallest absolute Gasteiger partial charge is 0.0406 e. The maximum atomic E-state index is 5.89. The van der Waals surface area contributed by atoms with Crippen molar-refractivity contribution in [3.63, 3.8) is 0 Å². The van der Waals surface area contributed by atoms with Crippen LogP contribution in [0, 0.1) is 0 Å². The molecule has 0 spiro atoms. The molecule has 1 N–H and O–H groups in total. The first-order valence-corrected chi connectivity index (χ1v) is 6.86. The molecule has 0 aromatic heterocycles. The first-order chi connectivity index (χ1) is 8.29. The minimum Gasteiger partial charge on any atom is -0.315 e. The number of likely N-dealkylation sites (N-methyl/N-ethyl adjacent to an activating group) is 1. The Morgan fingerprint density at radius 3 is 2.71 bits per heavy atom. The molecule has 0 saturated carbocycles. The van der Waals surface area contributed by atoms with E-state index in [1.54, 1.807) is 0 Å². The molecule has 1 aromatic carbocycles. The fourth-order valence-corrected chi connectivity index (χ4v) is 2.60. The van der Waals surface area contributed by atoms with Gasteiger partial charge in [0.2, 0.25) is 0 Å². The quantitative estimate of drug-likeness (QED) is 0.867. The van der Waals surface area contributed by atoms with E-state index >= 15 is 0 Å². The van der Waals surface area contributed by atoms with Gasteiger partial charge in [-0.15, -0.1) is 0 Å². The summed E-state index contributed by atoms with van der Waals surface area (Å²) in [6.07, 6.45) is 2.40. The number of nitrogens with one attached hydrogen (secondary N) is 1. The van der Waals surface area contributed by atoms with Crippen LogP contribution in [0.4, 0.5) is 0 Å². The van der Waals surface area contributed by atoms with Crippen LogP contribution >= 0.6 is 11.6 Å². The second kappa shape index (κ2) is 6.39. The van der Waals surface area contributed by atoms with Crippen molar-refractivity contribution in [3.8, 4) is 0 Å². The fraction of sp³-hybridized carbons (Fsp3) is 0.571. The molecule has 0 aliphatic carbocycles. The molecule has 0 bridgehead atoms. The second-order valence-corrected chi connectivity index (χ2v) is 5.09. The zero-order valence-corrected chi connectivity index (χ0v) is 11.2. The summed E-state index contributed by atoms with van der Waals surface area (Å²) in [4.78, 5) is 2.58. The molecule has 1 aromatic rings. The molecule has 1 saturated heterocycles. The van der Waals surface area contributed by atoms with Crippen molar-refractivity contribution in [2.24, 2.45) is 0 Å². The molecule has 1 atom stereocenters. The van der Waals surface area contributed by atoms with Crippen LogP contribution in [0.5, 0.6) is 0 Å². The van der Waals surface area contributed by atoms with Gasteiger partial charge in [-0.25, -0.2) is 0 Å². The van der Waals surface area contributed by atoms with Crippen molar-refractivity contribution >= 4 is 11.6 Å². The molecular formula is C14H21ClN2. The van der Waals surface area contributed by atoms with E-state index in [2.05, 4.69) is 29.3 Å². The highest BCUT2D eigenvalue weighted by Gasteiger charge is 2.20. The van der Waals surface area contributed by atoms with Crippen LogP contribution in [0.2, 0.25) is 5.02 Å². The molecule has 2 nitrogen and oxygen atoms in total. The van der Waals surface area contributed by atoms with Gasteiger partial charge in [-0.1, -0.05) is 30.7 Å². The largest absolute Gasteiger partial charge is 0.315 e. The number of rotatable bonds is 5. The number of hydrogen-bond donors (Lipinski definition) is 1. The van der Waals surface area contributed by atoms with Crippen LogP contribution in [0.3, 0.4) is 0 Å². The average Bonchev–Trinajstić information content (AvgIpc) is 2.86. The van der Waals surface area contributed by atoms with Crippen molar-refractivity contribution in [2.45, 2.75) is 25.8 Å². The SMILES string of the molecule is CCN(CCc1ccc(Cl)cc1)C1CCNC1. The third-order valence-electron chi connectivity index (χ3n) is 3.56.